The van der Waals surface area contributed by atoms with Crippen molar-refractivity contribution in [2.75, 3.05) is 18.5 Å². The van der Waals surface area contributed by atoms with Gasteiger partial charge in [0.25, 0.3) is 0 Å². The zero-order valence-corrected chi connectivity index (χ0v) is 17.8. The summed E-state index contributed by atoms with van der Waals surface area (Å²) in [5.74, 6) is 0.167. The number of rotatable bonds is 6. The lowest BCUT2D eigenvalue weighted by atomic mass is 10.0. The Balaban J connectivity index is 1.80. The Labute approximate surface area is 172 Å². The van der Waals surface area contributed by atoms with Crippen molar-refractivity contribution in [3.05, 3.63) is 46.9 Å². The largest absolute Gasteiger partial charge is 0.486 e. The third-order valence-corrected chi connectivity index (χ3v) is 6.08. The van der Waals surface area contributed by atoms with E-state index in [1.165, 1.54) is 12.1 Å². The summed E-state index contributed by atoms with van der Waals surface area (Å²) in [7, 11) is -3.94. The van der Waals surface area contributed by atoms with Gasteiger partial charge in [0.05, 0.1) is 4.90 Å². The van der Waals surface area contributed by atoms with E-state index in [1.807, 2.05) is 6.07 Å². The Bertz CT molecular complexity index is 978. The smallest absolute Gasteiger partial charge is 0.242 e. The monoisotopic (exact) mass is 468 g/mol. The summed E-state index contributed by atoms with van der Waals surface area (Å²) in [5, 5.41) is 2.75. The van der Waals surface area contributed by atoms with E-state index in [0.717, 1.165) is 4.47 Å². The molecule has 0 saturated heterocycles. The lowest BCUT2D eigenvalue weighted by molar-refractivity contribution is -0.118. The summed E-state index contributed by atoms with van der Waals surface area (Å²) in [4.78, 5) is 12.7. The fourth-order valence-electron chi connectivity index (χ4n) is 2.70. The van der Waals surface area contributed by atoms with Crippen LogP contribution in [-0.4, -0.2) is 33.6 Å². The van der Waals surface area contributed by atoms with Crippen molar-refractivity contribution in [3.63, 3.8) is 0 Å². The molecule has 1 heterocycles. The van der Waals surface area contributed by atoms with E-state index in [2.05, 4.69) is 26.0 Å². The SMILES string of the molecule is CC(C)[C@@H](NS(=O)(=O)c1ccc2c(c1)OCCO2)C(=O)Nc1cccc(Br)c1. The number of carbonyl (C=O) groups is 1. The van der Waals surface area contributed by atoms with Gasteiger partial charge in [-0.15, -0.1) is 0 Å². The molecule has 2 aromatic carbocycles. The van der Waals surface area contributed by atoms with E-state index in [-0.39, 0.29) is 10.8 Å². The van der Waals surface area contributed by atoms with Crippen LogP contribution in [0.4, 0.5) is 5.69 Å². The molecule has 0 aliphatic carbocycles. The predicted octanol–water partition coefficient (Wildman–Crippen LogP) is 3.16. The molecule has 2 aromatic rings. The van der Waals surface area contributed by atoms with Crippen LogP contribution in [0.1, 0.15) is 13.8 Å². The summed E-state index contributed by atoms with van der Waals surface area (Å²) >= 11 is 3.34. The van der Waals surface area contributed by atoms with E-state index in [1.54, 1.807) is 38.1 Å². The Kier molecular flexibility index (Phi) is 6.26. The van der Waals surface area contributed by atoms with Crippen molar-refractivity contribution < 1.29 is 22.7 Å². The molecule has 0 aromatic heterocycles. The van der Waals surface area contributed by atoms with E-state index in [0.29, 0.717) is 30.4 Å². The summed E-state index contributed by atoms with van der Waals surface area (Å²) < 4.78 is 39.9. The van der Waals surface area contributed by atoms with Crippen LogP contribution in [0.15, 0.2) is 51.8 Å². The lowest BCUT2D eigenvalue weighted by Crippen LogP contribution is -2.47. The number of carbonyl (C=O) groups excluding carboxylic acids is 1. The van der Waals surface area contributed by atoms with E-state index >= 15 is 0 Å². The standard InChI is InChI=1S/C19H21BrN2O5S/c1-12(2)18(19(23)21-14-5-3-4-13(20)10-14)22-28(24,25)15-6-7-16-17(11-15)27-9-8-26-16/h3-7,10-12,18,22H,8-9H2,1-2H3,(H,21,23)/t18-/m1/s1. The van der Waals surface area contributed by atoms with Gasteiger partial charge >= 0.3 is 0 Å². The topological polar surface area (TPSA) is 93.7 Å². The van der Waals surface area contributed by atoms with Crippen LogP contribution < -0.4 is 19.5 Å². The molecule has 0 bridgehead atoms. The number of nitrogens with one attached hydrogen (secondary N) is 2. The Hall–Kier alpha value is -2.10. The van der Waals surface area contributed by atoms with Gasteiger partial charge in [-0.25, -0.2) is 8.42 Å². The van der Waals surface area contributed by atoms with Gasteiger partial charge in [0.1, 0.15) is 19.3 Å². The van der Waals surface area contributed by atoms with Gasteiger partial charge in [0.2, 0.25) is 15.9 Å². The highest BCUT2D eigenvalue weighted by Crippen LogP contribution is 2.32. The Morgan fingerprint density at radius 3 is 2.46 bits per heavy atom. The molecule has 0 unspecified atom stereocenters. The van der Waals surface area contributed by atoms with E-state index < -0.39 is 22.0 Å². The van der Waals surface area contributed by atoms with E-state index in [9.17, 15) is 13.2 Å². The number of hydrogen-bond donors (Lipinski definition) is 2. The van der Waals surface area contributed by atoms with Gasteiger partial charge in [-0.2, -0.15) is 4.72 Å². The second-order valence-electron chi connectivity index (χ2n) is 6.65. The maximum atomic E-state index is 12.8. The number of anilines is 1. The van der Waals surface area contributed by atoms with Gasteiger partial charge in [0, 0.05) is 16.2 Å². The molecule has 2 N–H and O–H groups in total. The second-order valence-corrected chi connectivity index (χ2v) is 9.28. The summed E-state index contributed by atoms with van der Waals surface area (Å²) in [6.45, 7) is 4.32. The molecule has 0 saturated carbocycles. The molecule has 1 aliphatic heterocycles. The number of amides is 1. The first-order valence-electron chi connectivity index (χ1n) is 8.75. The Morgan fingerprint density at radius 1 is 1.07 bits per heavy atom. The molecule has 28 heavy (non-hydrogen) atoms. The summed E-state index contributed by atoms with van der Waals surface area (Å²) in [6.07, 6.45) is 0. The van der Waals surface area contributed by atoms with Crippen molar-refractivity contribution in [1.29, 1.82) is 0 Å². The predicted molar refractivity (Wildman–Crippen MR) is 109 cm³/mol. The molecule has 0 spiro atoms. The van der Waals surface area contributed by atoms with Crippen LogP contribution >= 0.6 is 15.9 Å². The van der Waals surface area contributed by atoms with Crippen LogP contribution in [0, 0.1) is 5.92 Å². The van der Waals surface area contributed by atoms with Crippen LogP contribution in [0.3, 0.4) is 0 Å². The Morgan fingerprint density at radius 2 is 1.79 bits per heavy atom. The highest BCUT2D eigenvalue weighted by molar-refractivity contribution is 9.10. The molecular weight excluding hydrogens is 448 g/mol. The normalized spacial score (nSPS) is 14.6. The van der Waals surface area contributed by atoms with Crippen molar-refractivity contribution in [3.8, 4) is 11.5 Å². The number of hydrogen-bond acceptors (Lipinski definition) is 5. The van der Waals surface area contributed by atoms with Crippen molar-refractivity contribution in [2.45, 2.75) is 24.8 Å². The molecule has 0 fully saturated rings. The van der Waals surface area contributed by atoms with Gasteiger partial charge in [-0.3, -0.25) is 4.79 Å². The first-order valence-corrected chi connectivity index (χ1v) is 11.0. The molecule has 1 atom stereocenters. The fraction of sp³-hybridized carbons (Fsp3) is 0.316. The molecule has 0 radical (unpaired) electrons. The highest BCUT2D eigenvalue weighted by atomic mass is 79.9. The summed E-state index contributed by atoms with van der Waals surface area (Å²) in [6, 6.07) is 10.5. The molecule has 7 nitrogen and oxygen atoms in total. The maximum Gasteiger partial charge on any atom is 0.242 e. The molecule has 150 valence electrons. The minimum absolute atomic E-state index is 0.0117. The quantitative estimate of drug-likeness (QED) is 0.678. The molecule has 3 rings (SSSR count). The first-order chi connectivity index (χ1) is 13.3. The van der Waals surface area contributed by atoms with Gasteiger partial charge in [-0.1, -0.05) is 35.8 Å². The van der Waals surface area contributed by atoms with Crippen LogP contribution in [0.25, 0.3) is 0 Å². The second kappa shape index (κ2) is 8.50. The average Bonchev–Trinajstić information content (AvgIpc) is 2.65. The summed E-state index contributed by atoms with van der Waals surface area (Å²) in [5.41, 5.74) is 0.573. The number of ether oxygens (including phenoxy) is 2. The number of sulfonamides is 1. The number of benzene rings is 2. The first kappa shape index (κ1) is 20.6. The third kappa shape index (κ3) is 4.84. The minimum atomic E-state index is -3.94. The fourth-order valence-corrected chi connectivity index (χ4v) is 4.46. The van der Waals surface area contributed by atoms with Crippen LogP contribution in [0.5, 0.6) is 11.5 Å². The van der Waals surface area contributed by atoms with Crippen molar-refractivity contribution in [1.82, 2.24) is 4.72 Å². The van der Waals surface area contributed by atoms with E-state index in [4.69, 9.17) is 9.47 Å². The molecular formula is C19H21BrN2O5S. The molecule has 1 aliphatic rings. The zero-order valence-electron chi connectivity index (χ0n) is 15.4. The number of fused-ring (bicyclic) bond motifs is 1. The molecule has 9 heteroatoms. The van der Waals surface area contributed by atoms with Crippen molar-refractivity contribution >= 4 is 37.5 Å². The van der Waals surface area contributed by atoms with Gasteiger partial charge in [0.15, 0.2) is 11.5 Å². The van der Waals surface area contributed by atoms with Gasteiger partial charge < -0.3 is 14.8 Å². The minimum Gasteiger partial charge on any atom is -0.486 e. The van der Waals surface area contributed by atoms with Crippen LogP contribution in [0.2, 0.25) is 0 Å². The number of halogens is 1. The van der Waals surface area contributed by atoms with Crippen LogP contribution in [-0.2, 0) is 14.8 Å². The zero-order chi connectivity index (χ0) is 20.3. The maximum absolute atomic E-state index is 12.8. The average molecular weight is 469 g/mol. The van der Waals surface area contributed by atoms with Crippen molar-refractivity contribution in [2.24, 2.45) is 5.92 Å². The highest BCUT2D eigenvalue weighted by Gasteiger charge is 2.29. The van der Waals surface area contributed by atoms with Gasteiger partial charge in [-0.05, 0) is 36.2 Å². The third-order valence-electron chi connectivity index (χ3n) is 4.15. The lowest BCUT2D eigenvalue weighted by Gasteiger charge is -2.23. The molecule has 1 amide bonds.